The molecule has 2 aromatic rings. The number of aromatic nitrogens is 1. The molecule has 8 nitrogen and oxygen atoms in total. The van der Waals surface area contributed by atoms with Crippen molar-refractivity contribution >= 4 is 23.0 Å². The van der Waals surface area contributed by atoms with Crippen LogP contribution in [0.15, 0.2) is 36.7 Å². The molecule has 1 aliphatic heterocycles. The van der Waals surface area contributed by atoms with Gasteiger partial charge in [-0.15, -0.1) is 0 Å². The number of anilines is 1. The molecule has 0 atom stereocenters. The number of nitro groups is 1. The molecule has 0 radical (unpaired) electrons. The van der Waals surface area contributed by atoms with E-state index in [2.05, 4.69) is 10.3 Å². The van der Waals surface area contributed by atoms with Gasteiger partial charge in [0.05, 0.1) is 10.3 Å². The number of benzene rings is 1. The smallest absolute Gasteiger partial charge is 0.293 e. The monoisotopic (exact) mass is 353 g/mol. The molecule has 1 fully saturated rings. The van der Waals surface area contributed by atoms with Crippen LogP contribution in [0.25, 0.3) is 0 Å². The summed E-state index contributed by atoms with van der Waals surface area (Å²) in [6.45, 7) is 0.321. The summed E-state index contributed by atoms with van der Waals surface area (Å²) in [4.78, 5) is 39.7. The van der Waals surface area contributed by atoms with Crippen LogP contribution in [0.3, 0.4) is 0 Å². The first kappa shape index (κ1) is 16.3. The Hall–Kier alpha value is -3.16. The molecule has 8 heteroatoms. The molecular formula is C18H17N4O4+. The third-order valence-corrected chi connectivity index (χ3v) is 5.35. The molecule has 1 amide bonds. The standard InChI is InChI=1S/C18H16N4O4/c23-17(12-3-7-19-8-4-12)20-14-10-15-13(9-16(14)22(25)26)18(11-21(15)24)5-1-2-6-18/h3-4,7-10H,1-2,5-6,11H2/p+1. The summed E-state index contributed by atoms with van der Waals surface area (Å²) in [5, 5.41) is 14.1. The van der Waals surface area contributed by atoms with Crippen molar-refractivity contribution in [2.24, 2.45) is 0 Å². The van der Waals surface area contributed by atoms with Crippen molar-refractivity contribution in [3.05, 3.63) is 62.8 Å². The average Bonchev–Trinajstić information content (AvgIpc) is 3.20. The van der Waals surface area contributed by atoms with Gasteiger partial charge in [-0.1, -0.05) is 12.8 Å². The second-order valence-electron chi connectivity index (χ2n) is 6.86. The van der Waals surface area contributed by atoms with E-state index in [9.17, 15) is 19.8 Å². The van der Waals surface area contributed by atoms with E-state index in [1.165, 1.54) is 36.7 Å². The van der Waals surface area contributed by atoms with Gasteiger partial charge < -0.3 is 5.32 Å². The molecule has 0 saturated heterocycles. The van der Waals surface area contributed by atoms with Gasteiger partial charge in [-0.25, -0.2) is 0 Å². The number of nitrogens with zero attached hydrogens (tertiary/aromatic N) is 3. The van der Waals surface area contributed by atoms with Gasteiger partial charge in [-0.3, -0.25) is 19.9 Å². The summed E-state index contributed by atoms with van der Waals surface area (Å²) < 4.78 is 0.895. The van der Waals surface area contributed by atoms with Crippen LogP contribution in [0.2, 0.25) is 0 Å². The number of nitro benzene ring substituents is 1. The number of rotatable bonds is 3. The van der Waals surface area contributed by atoms with Crippen molar-refractivity contribution < 1.29 is 14.5 Å². The highest BCUT2D eigenvalue weighted by atomic mass is 16.6. The zero-order valence-corrected chi connectivity index (χ0v) is 14.0. The Bertz CT molecular complexity index is 920. The molecule has 4 rings (SSSR count). The summed E-state index contributed by atoms with van der Waals surface area (Å²) in [5.41, 5.74) is 1.04. The zero-order chi connectivity index (χ0) is 18.3. The number of hydrogen-bond acceptors (Lipinski definition) is 5. The lowest BCUT2D eigenvalue weighted by atomic mass is 9.80. The summed E-state index contributed by atoms with van der Waals surface area (Å²) in [6, 6.07) is 5.94. The summed E-state index contributed by atoms with van der Waals surface area (Å²) in [6.07, 6.45) is 6.69. The predicted molar refractivity (Wildman–Crippen MR) is 93.6 cm³/mol. The summed E-state index contributed by atoms with van der Waals surface area (Å²) in [5.74, 6) is -0.485. The average molecular weight is 353 g/mol. The van der Waals surface area contributed by atoms with Gasteiger partial charge in [0, 0.05) is 45.3 Å². The van der Waals surface area contributed by atoms with Gasteiger partial charge in [0.1, 0.15) is 5.69 Å². The fourth-order valence-electron chi connectivity index (χ4n) is 4.08. The van der Waals surface area contributed by atoms with E-state index in [0.29, 0.717) is 17.8 Å². The van der Waals surface area contributed by atoms with Gasteiger partial charge in [-0.2, -0.15) is 0 Å². The molecular weight excluding hydrogens is 336 g/mol. The maximum Gasteiger partial charge on any atom is 0.293 e. The number of amides is 1. The first-order valence-corrected chi connectivity index (χ1v) is 8.49. The Morgan fingerprint density at radius 3 is 2.58 bits per heavy atom. The van der Waals surface area contributed by atoms with E-state index in [-0.39, 0.29) is 16.8 Å². The van der Waals surface area contributed by atoms with E-state index >= 15 is 0 Å². The zero-order valence-electron chi connectivity index (χ0n) is 14.0. The van der Waals surface area contributed by atoms with Crippen molar-refractivity contribution in [1.29, 1.82) is 0 Å². The molecule has 1 spiro atoms. The van der Waals surface area contributed by atoms with Crippen molar-refractivity contribution in [2.75, 3.05) is 11.9 Å². The molecule has 2 aliphatic rings. The fraction of sp³-hybridized carbons (Fsp3) is 0.333. The largest absolute Gasteiger partial charge is 0.316 e. The van der Waals surface area contributed by atoms with E-state index in [0.717, 1.165) is 36.0 Å². The van der Waals surface area contributed by atoms with Gasteiger partial charge >= 0.3 is 0 Å². The quantitative estimate of drug-likeness (QED) is 0.517. The van der Waals surface area contributed by atoms with Gasteiger partial charge in [-0.05, 0) is 25.0 Å². The topological polar surface area (TPSA) is 105 Å². The van der Waals surface area contributed by atoms with Gasteiger partial charge in [0.25, 0.3) is 17.3 Å². The number of nitroso groups, excluding NO2 is 1. The molecule has 1 aromatic carbocycles. The minimum absolute atomic E-state index is 0.0338. The van der Waals surface area contributed by atoms with Gasteiger partial charge in [0.2, 0.25) is 6.54 Å². The van der Waals surface area contributed by atoms with Crippen LogP contribution in [0.1, 0.15) is 41.6 Å². The first-order chi connectivity index (χ1) is 12.5. The summed E-state index contributed by atoms with van der Waals surface area (Å²) in [7, 11) is 0. The number of carbonyl (C=O) groups is 1. The van der Waals surface area contributed by atoms with E-state index < -0.39 is 10.8 Å². The molecule has 0 bridgehead atoms. The number of hydrogen-bond donors (Lipinski definition) is 1. The number of nitrogens with one attached hydrogen (secondary N) is 1. The van der Waals surface area contributed by atoms with Crippen LogP contribution in [0, 0.1) is 15.0 Å². The third-order valence-electron chi connectivity index (χ3n) is 5.35. The lowest BCUT2D eigenvalue weighted by Gasteiger charge is -2.17. The van der Waals surface area contributed by atoms with E-state index in [1.807, 2.05) is 0 Å². The van der Waals surface area contributed by atoms with Crippen LogP contribution < -0.4 is 5.32 Å². The lowest BCUT2D eigenvalue weighted by Crippen LogP contribution is -2.24. The van der Waals surface area contributed by atoms with Crippen molar-refractivity contribution in [2.45, 2.75) is 31.1 Å². The lowest BCUT2D eigenvalue weighted by molar-refractivity contribution is -0.460. The van der Waals surface area contributed by atoms with Crippen LogP contribution in [-0.4, -0.2) is 27.1 Å². The predicted octanol–water partition coefficient (Wildman–Crippen LogP) is 3.48. The minimum Gasteiger partial charge on any atom is -0.316 e. The highest BCUT2D eigenvalue weighted by Gasteiger charge is 2.52. The van der Waals surface area contributed by atoms with Crippen LogP contribution in [0.5, 0.6) is 0 Å². The number of carbonyl (C=O) groups excluding carboxylic acids is 1. The molecule has 0 unspecified atom stereocenters. The molecule has 1 saturated carbocycles. The maximum absolute atomic E-state index is 12.4. The molecule has 1 N–H and O–H groups in total. The highest BCUT2D eigenvalue weighted by Crippen LogP contribution is 2.51. The fourth-order valence-corrected chi connectivity index (χ4v) is 4.08. The highest BCUT2D eigenvalue weighted by molar-refractivity contribution is 6.05. The molecule has 132 valence electrons. The second kappa shape index (κ2) is 5.98. The van der Waals surface area contributed by atoms with Crippen molar-refractivity contribution in [1.82, 2.24) is 4.98 Å². The van der Waals surface area contributed by atoms with Crippen molar-refractivity contribution in [3.8, 4) is 0 Å². The maximum atomic E-state index is 12.4. The molecule has 2 heterocycles. The third kappa shape index (κ3) is 2.54. The molecule has 1 aromatic heterocycles. The van der Waals surface area contributed by atoms with Gasteiger partial charge in [0.15, 0.2) is 0 Å². The SMILES string of the molecule is O=C(Nc1cc2c(cc1[N+](=O)[O-])C1(CCCC1)C[N+]2=O)c1ccncc1. The molecule has 1 aliphatic carbocycles. The Labute approximate surface area is 149 Å². The second-order valence-corrected chi connectivity index (χ2v) is 6.86. The first-order valence-electron chi connectivity index (χ1n) is 8.49. The van der Waals surface area contributed by atoms with E-state index in [4.69, 9.17) is 0 Å². The number of pyridine rings is 1. The van der Waals surface area contributed by atoms with E-state index in [1.54, 1.807) is 0 Å². The Morgan fingerprint density at radius 1 is 1.23 bits per heavy atom. The number of fused-ring (bicyclic) bond motifs is 2. The molecule has 26 heavy (non-hydrogen) atoms. The van der Waals surface area contributed by atoms with Crippen LogP contribution in [0.4, 0.5) is 17.1 Å². The summed E-state index contributed by atoms with van der Waals surface area (Å²) >= 11 is 0. The van der Waals surface area contributed by atoms with Crippen LogP contribution >= 0.6 is 0 Å². The minimum atomic E-state index is -0.515. The van der Waals surface area contributed by atoms with Crippen LogP contribution in [-0.2, 0) is 5.41 Å². The Kier molecular flexibility index (Phi) is 3.75. The Morgan fingerprint density at radius 2 is 1.92 bits per heavy atom. The normalized spacial score (nSPS) is 17.3. The Balaban J connectivity index is 1.76. The van der Waals surface area contributed by atoms with Crippen molar-refractivity contribution in [3.63, 3.8) is 0 Å².